The van der Waals surface area contributed by atoms with Crippen LogP contribution in [-0.2, 0) is 6.42 Å². The summed E-state index contributed by atoms with van der Waals surface area (Å²) in [7, 11) is 0. The van der Waals surface area contributed by atoms with Crippen LogP contribution >= 0.6 is 0 Å². The predicted octanol–water partition coefficient (Wildman–Crippen LogP) is 4.48. The molecule has 0 unspecified atom stereocenters. The first kappa shape index (κ1) is 15.4. The Morgan fingerprint density at radius 2 is 2.10 bits per heavy atom. The number of fused-ring (bicyclic) bond motifs is 1. The Morgan fingerprint density at radius 1 is 1.29 bits per heavy atom. The Bertz CT molecular complexity index is 691. The molecule has 0 aliphatic heterocycles. The zero-order valence-corrected chi connectivity index (χ0v) is 12.9. The van der Waals surface area contributed by atoms with Crippen LogP contribution in [0.2, 0.25) is 0 Å². The van der Waals surface area contributed by atoms with E-state index in [1.807, 2.05) is 32.1 Å². The zero-order valence-electron chi connectivity index (χ0n) is 12.9. The number of ether oxygens (including phenoxy) is 1. The minimum absolute atomic E-state index is 0.296. The summed E-state index contributed by atoms with van der Waals surface area (Å²) in [6.45, 7) is 6.72. The summed E-state index contributed by atoms with van der Waals surface area (Å²) in [4.78, 5) is 11.7. The molecule has 0 amide bonds. The van der Waals surface area contributed by atoms with E-state index < -0.39 is 0 Å². The summed E-state index contributed by atoms with van der Waals surface area (Å²) in [6, 6.07) is 7.30. The van der Waals surface area contributed by atoms with E-state index in [0.29, 0.717) is 12.2 Å². The number of unbranched alkanes of at least 4 members (excludes halogenated alkanes) is 1. The number of hydrogen-bond donors (Lipinski definition) is 0. The van der Waals surface area contributed by atoms with Gasteiger partial charge >= 0.3 is 5.63 Å². The Balaban J connectivity index is 2.30. The second kappa shape index (κ2) is 7.11. The van der Waals surface area contributed by atoms with Gasteiger partial charge in [0.1, 0.15) is 17.9 Å². The zero-order chi connectivity index (χ0) is 15.2. The minimum Gasteiger partial charge on any atom is -0.489 e. The first-order chi connectivity index (χ1) is 10.1. The smallest absolute Gasteiger partial charge is 0.336 e. The molecule has 0 saturated carbocycles. The Labute approximate surface area is 125 Å². The third-order valence-corrected chi connectivity index (χ3v) is 3.34. The van der Waals surface area contributed by atoms with Crippen molar-refractivity contribution in [3.8, 4) is 5.75 Å². The van der Waals surface area contributed by atoms with Crippen LogP contribution in [0.15, 0.2) is 45.1 Å². The molecule has 3 heteroatoms. The number of rotatable bonds is 6. The molecule has 0 aliphatic carbocycles. The molecule has 0 atom stereocenters. The number of aryl methyl sites for hydroxylation is 1. The Kier molecular flexibility index (Phi) is 5.20. The molecule has 2 aromatic rings. The lowest BCUT2D eigenvalue weighted by Crippen LogP contribution is -2.01. The normalized spacial score (nSPS) is 10.6. The van der Waals surface area contributed by atoms with Crippen LogP contribution < -0.4 is 10.4 Å². The summed E-state index contributed by atoms with van der Waals surface area (Å²) >= 11 is 0. The van der Waals surface area contributed by atoms with Crippen molar-refractivity contribution in [1.82, 2.24) is 0 Å². The first-order valence-electron chi connectivity index (χ1n) is 7.43. The maximum atomic E-state index is 11.7. The van der Waals surface area contributed by atoms with E-state index in [9.17, 15) is 4.79 Å². The van der Waals surface area contributed by atoms with E-state index in [1.54, 1.807) is 12.1 Å². The largest absolute Gasteiger partial charge is 0.489 e. The third-order valence-electron chi connectivity index (χ3n) is 3.34. The van der Waals surface area contributed by atoms with E-state index in [1.165, 1.54) is 5.57 Å². The lowest BCUT2D eigenvalue weighted by Gasteiger charge is -2.07. The van der Waals surface area contributed by atoms with Gasteiger partial charge in [0, 0.05) is 17.5 Å². The van der Waals surface area contributed by atoms with Gasteiger partial charge < -0.3 is 9.15 Å². The van der Waals surface area contributed by atoms with Crippen LogP contribution in [0.4, 0.5) is 0 Å². The van der Waals surface area contributed by atoms with Crippen molar-refractivity contribution in [1.29, 1.82) is 0 Å². The summed E-state index contributed by atoms with van der Waals surface area (Å²) in [5.74, 6) is 0.718. The molecule has 0 fully saturated rings. The van der Waals surface area contributed by atoms with Crippen molar-refractivity contribution in [2.75, 3.05) is 6.61 Å². The van der Waals surface area contributed by atoms with Gasteiger partial charge in [-0.3, -0.25) is 0 Å². The molecule has 21 heavy (non-hydrogen) atoms. The Hall–Kier alpha value is -2.03. The van der Waals surface area contributed by atoms with Crippen LogP contribution in [0.25, 0.3) is 11.0 Å². The molecular weight excluding hydrogens is 264 g/mol. The molecule has 112 valence electrons. The highest BCUT2D eigenvalue weighted by molar-refractivity contribution is 5.81. The second-order valence-electron chi connectivity index (χ2n) is 5.44. The highest BCUT2D eigenvalue weighted by Crippen LogP contribution is 2.23. The molecular formula is C18H22O3. The van der Waals surface area contributed by atoms with Crippen LogP contribution in [0.1, 0.15) is 39.2 Å². The van der Waals surface area contributed by atoms with Crippen molar-refractivity contribution in [3.63, 3.8) is 0 Å². The van der Waals surface area contributed by atoms with Gasteiger partial charge in [0.05, 0.1) is 0 Å². The van der Waals surface area contributed by atoms with Gasteiger partial charge in [0.2, 0.25) is 0 Å². The van der Waals surface area contributed by atoms with Gasteiger partial charge in [-0.1, -0.05) is 18.9 Å². The Morgan fingerprint density at radius 3 is 2.81 bits per heavy atom. The van der Waals surface area contributed by atoms with Gasteiger partial charge in [0.25, 0.3) is 0 Å². The fourth-order valence-corrected chi connectivity index (χ4v) is 2.18. The molecule has 1 heterocycles. The summed E-state index contributed by atoms with van der Waals surface area (Å²) in [5, 5.41) is 0.998. The topological polar surface area (TPSA) is 39.4 Å². The van der Waals surface area contributed by atoms with Crippen LogP contribution in [-0.4, -0.2) is 6.61 Å². The monoisotopic (exact) mass is 286 g/mol. The molecule has 0 radical (unpaired) electrons. The highest BCUT2D eigenvalue weighted by atomic mass is 16.5. The molecule has 1 aromatic heterocycles. The average molecular weight is 286 g/mol. The summed E-state index contributed by atoms with van der Waals surface area (Å²) in [5.41, 5.74) is 2.57. The summed E-state index contributed by atoms with van der Waals surface area (Å²) < 4.78 is 10.9. The van der Waals surface area contributed by atoms with E-state index in [2.05, 4.69) is 6.92 Å². The number of allylic oxidation sites excluding steroid dienone is 1. The number of hydrogen-bond acceptors (Lipinski definition) is 3. The minimum atomic E-state index is -0.296. The first-order valence-corrected chi connectivity index (χ1v) is 7.43. The lowest BCUT2D eigenvalue weighted by molar-refractivity contribution is 0.361. The van der Waals surface area contributed by atoms with Crippen molar-refractivity contribution in [2.45, 2.75) is 40.0 Å². The maximum Gasteiger partial charge on any atom is 0.336 e. The van der Waals surface area contributed by atoms with E-state index >= 15 is 0 Å². The van der Waals surface area contributed by atoms with Gasteiger partial charge in [0.15, 0.2) is 0 Å². The highest BCUT2D eigenvalue weighted by Gasteiger charge is 2.06. The van der Waals surface area contributed by atoms with Crippen LogP contribution in [0, 0.1) is 0 Å². The molecule has 0 bridgehead atoms. The van der Waals surface area contributed by atoms with Gasteiger partial charge in [-0.2, -0.15) is 0 Å². The third kappa shape index (κ3) is 4.22. The number of benzene rings is 1. The van der Waals surface area contributed by atoms with Crippen LogP contribution in [0.3, 0.4) is 0 Å². The maximum absolute atomic E-state index is 11.7. The quantitative estimate of drug-likeness (QED) is 0.580. The average Bonchev–Trinajstić information content (AvgIpc) is 2.43. The molecule has 0 saturated heterocycles. The molecule has 0 spiro atoms. The van der Waals surface area contributed by atoms with E-state index in [-0.39, 0.29) is 5.63 Å². The molecule has 0 N–H and O–H groups in total. The van der Waals surface area contributed by atoms with Crippen molar-refractivity contribution < 1.29 is 9.15 Å². The van der Waals surface area contributed by atoms with Crippen molar-refractivity contribution >= 4 is 11.0 Å². The van der Waals surface area contributed by atoms with Gasteiger partial charge in [-0.05, 0) is 50.5 Å². The molecule has 1 aromatic carbocycles. The predicted molar refractivity (Wildman–Crippen MR) is 86.0 cm³/mol. The van der Waals surface area contributed by atoms with Crippen molar-refractivity contribution in [3.05, 3.63) is 51.9 Å². The van der Waals surface area contributed by atoms with E-state index in [0.717, 1.165) is 36.0 Å². The fraction of sp³-hybridized carbons (Fsp3) is 0.389. The summed E-state index contributed by atoms with van der Waals surface area (Å²) in [6.07, 6.45) is 5.08. The SMILES string of the molecule is CCCCc1cc(=O)oc2cc(OCC=C(C)C)ccc12. The molecule has 3 nitrogen and oxygen atoms in total. The lowest BCUT2D eigenvalue weighted by atomic mass is 10.0. The molecule has 0 aliphatic rings. The fourth-order valence-electron chi connectivity index (χ4n) is 2.18. The van der Waals surface area contributed by atoms with Gasteiger partial charge in [-0.15, -0.1) is 0 Å². The van der Waals surface area contributed by atoms with Crippen molar-refractivity contribution in [2.24, 2.45) is 0 Å². The van der Waals surface area contributed by atoms with Gasteiger partial charge in [-0.25, -0.2) is 4.79 Å². The second-order valence-corrected chi connectivity index (χ2v) is 5.44. The van der Waals surface area contributed by atoms with Crippen LogP contribution in [0.5, 0.6) is 5.75 Å². The van der Waals surface area contributed by atoms with E-state index in [4.69, 9.17) is 9.15 Å². The molecule has 2 rings (SSSR count). The standard InChI is InChI=1S/C18H22O3/c1-4-5-6-14-11-18(19)21-17-12-15(7-8-16(14)17)20-10-9-13(2)3/h7-9,11-12H,4-6,10H2,1-3H3.